The molecule has 0 aromatic heterocycles. The van der Waals surface area contributed by atoms with Crippen molar-refractivity contribution in [1.82, 2.24) is 0 Å². The van der Waals surface area contributed by atoms with Crippen molar-refractivity contribution < 1.29 is 27.8 Å². The summed E-state index contributed by atoms with van der Waals surface area (Å²) in [4.78, 5) is 22.5. The SMILES string of the molecule is COc1ccc(C(=O)CCC(C)=O)cc1OC(F)F. The van der Waals surface area contributed by atoms with E-state index in [1.165, 1.54) is 32.2 Å². The van der Waals surface area contributed by atoms with Crippen LogP contribution < -0.4 is 9.47 Å². The van der Waals surface area contributed by atoms with E-state index >= 15 is 0 Å². The molecular weight excluding hydrogens is 258 g/mol. The summed E-state index contributed by atoms with van der Waals surface area (Å²) in [5.41, 5.74) is 0.206. The zero-order chi connectivity index (χ0) is 14.4. The van der Waals surface area contributed by atoms with Gasteiger partial charge in [-0.15, -0.1) is 0 Å². The third-order valence-corrected chi connectivity index (χ3v) is 2.41. The topological polar surface area (TPSA) is 52.6 Å². The molecule has 0 atom stereocenters. The molecule has 0 N–H and O–H groups in total. The van der Waals surface area contributed by atoms with Gasteiger partial charge in [-0.1, -0.05) is 0 Å². The Morgan fingerprint density at radius 3 is 2.42 bits per heavy atom. The van der Waals surface area contributed by atoms with Crippen molar-refractivity contribution in [1.29, 1.82) is 0 Å². The number of benzene rings is 1. The molecule has 6 heteroatoms. The van der Waals surface area contributed by atoms with Crippen LogP contribution in [0.5, 0.6) is 11.5 Å². The number of rotatable bonds is 7. The second-order valence-electron chi connectivity index (χ2n) is 3.87. The highest BCUT2D eigenvalue weighted by Gasteiger charge is 2.14. The minimum atomic E-state index is -3.00. The van der Waals surface area contributed by atoms with Crippen LogP contribution in [0.15, 0.2) is 18.2 Å². The zero-order valence-corrected chi connectivity index (χ0v) is 10.6. The lowest BCUT2D eigenvalue weighted by Gasteiger charge is -2.11. The van der Waals surface area contributed by atoms with Crippen LogP contribution in [-0.2, 0) is 4.79 Å². The van der Waals surface area contributed by atoms with Crippen LogP contribution in [0.2, 0.25) is 0 Å². The Morgan fingerprint density at radius 1 is 1.21 bits per heavy atom. The van der Waals surface area contributed by atoms with Gasteiger partial charge in [0.1, 0.15) is 5.78 Å². The smallest absolute Gasteiger partial charge is 0.387 e. The molecule has 0 aliphatic heterocycles. The third kappa shape index (κ3) is 4.65. The number of carbonyl (C=O) groups excluding carboxylic acids is 2. The number of ketones is 2. The van der Waals surface area contributed by atoms with Gasteiger partial charge in [-0.05, 0) is 25.1 Å². The minimum absolute atomic E-state index is 0.0375. The van der Waals surface area contributed by atoms with E-state index in [1.807, 2.05) is 0 Å². The van der Waals surface area contributed by atoms with Crippen LogP contribution in [0.4, 0.5) is 8.78 Å². The Morgan fingerprint density at radius 2 is 1.89 bits per heavy atom. The zero-order valence-electron chi connectivity index (χ0n) is 10.6. The van der Waals surface area contributed by atoms with Crippen LogP contribution in [0.1, 0.15) is 30.1 Å². The van der Waals surface area contributed by atoms with Gasteiger partial charge in [0.25, 0.3) is 0 Å². The van der Waals surface area contributed by atoms with Crippen LogP contribution in [-0.4, -0.2) is 25.3 Å². The quantitative estimate of drug-likeness (QED) is 0.716. The lowest BCUT2D eigenvalue weighted by Crippen LogP contribution is -2.06. The first-order valence-corrected chi connectivity index (χ1v) is 5.59. The highest BCUT2D eigenvalue weighted by Crippen LogP contribution is 2.30. The predicted molar refractivity (Wildman–Crippen MR) is 63.9 cm³/mol. The molecule has 1 aromatic carbocycles. The lowest BCUT2D eigenvalue weighted by atomic mass is 10.0. The van der Waals surface area contributed by atoms with E-state index < -0.39 is 6.61 Å². The molecule has 0 aliphatic carbocycles. The fraction of sp³-hybridized carbons (Fsp3) is 0.385. The molecule has 0 saturated heterocycles. The highest BCUT2D eigenvalue weighted by molar-refractivity contribution is 5.98. The monoisotopic (exact) mass is 272 g/mol. The van der Waals surface area contributed by atoms with Crippen molar-refractivity contribution in [2.45, 2.75) is 26.4 Å². The molecule has 0 spiro atoms. The molecule has 0 fully saturated rings. The third-order valence-electron chi connectivity index (χ3n) is 2.41. The maximum atomic E-state index is 12.2. The maximum absolute atomic E-state index is 12.2. The number of hydrogen-bond donors (Lipinski definition) is 0. The Kier molecular flexibility index (Phi) is 5.41. The van der Waals surface area contributed by atoms with Crippen molar-refractivity contribution in [2.24, 2.45) is 0 Å². The number of halogens is 2. The van der Waals surface area contributed by atoms with Crippen molar-refractivity contribution in [3.05, 3.63) is 23.8 Å². The second-order valence-corrected chi connectivity index (χ2v) is 3.87. The second kappa shape index (κ2) is 6.82. The summed E-state index contributed by atoms with van der Waals surface area (Å²) in [6.07, 6.45) is 0.158. The van der Waals surface area contributed by atoms with E-state index in [1.54, 1.807) is 0 Å². The number of methoxy groups -OCH3 is 1. The maximum Gasteiger partial charge on any atom is 0.387 e. The van der Waals surface area contributed by atoms with Crippen LogP contribution in [0, 0.1) is 0 Å². The first-order valence-electron chi connectivity index (χ1n) is 5.59. The van der Waals surface area contributed by atoms with E-state index in [0.29, 0.717) is 0 Å². The summed E-state index contributed by atoms with van der Waals surface area (Å²) in [6.45, 7) is -1.62. The Balaban J connectivity index is 2.90. The molecule has 0 unspecified atom stereocenters. The van der Waals surface area contributed by atoms with Crippen molar-refractivity contribution in [3.63, 3.8) is 0 Å². The number of Topliss-reactive ketones (excluding diaryl/α,β-unsaturated/α-hetero) is 2. The number of ether oxygens (including phenoxy) is 2. The number of carbonyl (C=O) groups is 2. The van der Waals surface area contributed by atoms with Crippen molar-refractivity contribution in [3.8, 4) is 11.5 Å². The molecule has 0 heterocycles. The van der Waals surface area contributed by atoms with E-state index in [9.17, 15) is 18.4 Å². The van der Waals surface area contributed by atoms with Gasteiger partial charge >= 0.3 is 6.61 Å². The summed E-state index contributed by atoms with van der Waals surface area (Å²) < 4.78 is 33.6. The van der Waals surface area contributed by atoms with Crippen molar-refractivity contribution >= 4 is 11.6 Å². The van der Waals surface area contributed by atoms with Crippen LogP contribution in [0.3, 0.4) is 0 Å². The Hall–Kier alpha value is -1.98. The minimum Gasteiger partial charge on any atom is -0.493 e. The average Bonchev–Trinajstić information content (AvgIpc) is 2.35. The van der Waals surface area contributed by atoms with Crippen molar-refractivity contribution in [2.75, 3.05) is 7.11 Å². The fourth-order valence-corrected chi connectivity index (χ4v) is 1.47. The molecule has 1 aromatic rings. The fourth-order valence-electron chi connectivity index (χ4n) is 1.47. The molecule has 19 heavy (non-hydrogen) atoms. The van der Waals surface area contributed by atoms with E-state index in [0.717, 1.165) is 0 Å². The predicted octanol–water partition coefficient (Wildman–Crippen LogP) is 2.85. The summed E-state index contributed by atoms with van der Waals surface area (Å²) >= 11 is 0. The molecule has 0 bridgehead atoms. The molecular formula is C13H14F2O4. The van der Waals surface area contributed by atoms with E-state index in [2.05, 4.69) is 4.74 Å². The first-order chi connectivity index (χ1) is 8.93. The first kappa shape index (κ1) is 15.1. The van der Waals surface area contributed by atoms with Gasteiger partial charge < -0.3 is 14.3 Å². The Bertz CT molecular complexity index is 472. The largest absolute Gasteiger partial charge is 0.493 e. The summed E-state index contributed by atoms with van der Waals surface area (Å²) in [5, 5.41) is 0. The van der Waals surface area contributed by atoms with Gasteiger partial charge in [-0.3, -0.25) is 4.79 Å². The normalized spacial score (nSPS) is 10.4. The molecule has 0 radical (unpaired) electrons. The van der Waals surface area contributed by atoms with E-state index in [4.69, 9.17) is 4.74 Å². The Labute approximate surface area is 109 Å². The summed E-state index contributed by atoms with van der Waals surface area (Å²) in [5.74, 6) is -0.502. The highest BCUT2D eigenvalue weighted by atomic mass is 19.3. The molecule has 0 saturated carbocycles. The molecule has 1 rings (SSSR count). The lowest BCUT2D eigenvalue weighted by molar-refractivity contribution is -0.116. The van der Waals surface area contributed by atoms with Crippen LogP contribution in [0.25, 0.3) is 0 Å². The van der Waals surface area contributed by atoms with Gasteiger partial charge in [0.15, 0.2) is 17.3 Å². The molecule has 4 nitrogen and oxygen atoms in total. The van der Waals surface area contributed by atoms with E-state index in [-0.39, 0.29) is 41.5 Å². The van der Waals surface area contributed by atoms with Gasteiger partial charge in [-0.25, -0.2) is 0 Å². The molecule has 104 valence electrons. The average molecular weight is 272 g/mol. The van der Waals surface area contributed by atoms with Gasteiger partial charge in [0, 0.05) is 18.4 Å². The van der Waals surface area contributed by atoms with Crippen LogP contribution >= 0.6 is 0 Å². The molecule has 0 aliphatic rings. The number of hydrogen-bond acceptors (Lipinski definition) is 4. The number of alkyl halides is 2. The molecule has 0 amide bonds. The summed E-state index contributed by atoms with van der Waals surface area (Å²) in [6, 6.07) is 4.01. The standard InChI is InChI=1S/C13H14F2O4/c1-8(16)3-5-10(17)9-4-6-11(18-2)12(7-9)19-13(14)15/h4,6-7,13H,3,5H2,1-2H3. The van der Waals surface area contributed by atoms with Gasteiger partial charge in [0.05, 0.1) is 7.11 Å². The van der Waals surface area contributed by atoms with Gasteiger partial charge in [0.2, 0.25) is 0 Å². The van der Waals surface area contributed by atoms with Gasteiger partial charge in [-0.2, -0.15) is 8.78 Å². The summed E-state index contributed by atoms with van der Waals surface area (Å²) in [7, 11) is 1.31.